The van der Waals surface area contributed by atoms with Crippen molar-refractivity contribution < 1.29 is 89.2 Å². The van der Waals surface area contributed by atoms with Crippen molar-refractivity contribution in [2.45, 2.75) is 0 Å². The first-order valence-corrected chi connectivity index (χ1v) is 29.7. The van der Waals surface area contributed by atoms with Crippen LogP contribution in [0.5, 0.6) is 74.7 Å². The van der Waals surface area contributed by atoms with E-state index in [9.17, 15) is 19.2 Å². The van der Waals surface area contributed by atoms with Crippen molar-refractivity contribution >= 4 is 66.6 Å². The molecule has 0 saturated heterocycles. The van der Waals surface area contributed by atoms with E-state index < -0.39 is 11.2 Å². The van der Waals surface area contributed by atoms with Crippen LogP contribution in [0.1, 0.15) is 47.8 Å². The number of carbonyl (C=O) groups excluding carboxylic acids is 3. The summed E-state index contributed by atoms with van der Waals surface area (Å²) in [6.45, 7) is 0. The molecule has 4 aromatic carbocycles. The van der Waals surface area contributed by atoms with Crippen LogP contribution in [0.15, 0.2) is 133 Å². The summed E-state index contributed by atoms with van der Waals surface area (Å²) in [5.74, 6) is 4.87. The number of pyridine rings is 3. The van der Waals surface area contributed by atoms with Gasteiger partial charge in [0, 0.05) is 61.0 Å². The monoisotopic (exact) mass is 1390 g/mol. The maximum atomic E-state index is 13.9. The van der Waals surface area contributed by atoms with Crippen LogP contribution >= 0.6 is 15.9 Å². The zero-order chi connectivity index (χ0) is 69.5. The zero-order valence-electron chi connectivity index (χ0n) is 55.1. The number of ether oxygens (including phenoxy) is 13. The molecule has 0 atom stereocenters. The second kappa shape index (κ2) is 29.1. The van der Waals surface area contributed by atoms with Gasteiger partial charge in [0.1, 0.15) is 38.3 Å². The Bertz CT molecular complexity index is 4930. The van der Waals surface area contributed by atoms with Gasteiger partial charge in [0.05, 0.1) is 145 Å². The van der Waals surface area contributed by atoms with Crippen molar-refractivity contribution in [1.29, 1.82) is 0 Å². The molecule has 12 rings (SSSR count). The minimum Gasteiger partial charge on any atom is -0.497 e. The fourth-order valence-electron chi connectivity index (χ4n) is 10.5. The lowest BCUT2D eigenvalue weighted by atomic mass is 9.98. The fourth-order valence-corrected chi connectivity index (χ4v) is 11.1. The maximum absolute atomic E-state index is 13.9. The lowest BCUT2D eigenvalue weighted by Gasteiger charge is -2.13. The van der Waals surface area contributed by atoms with Gasteiger partial charge in [0.15, 0.2) is 86.0 Å². The first-order valence-electron chi connectivity index (χ1n) is 28.9. The Kier molecular flexibility index (Phi) is 20.4. The van der Waals surface area contributed by atoms with Gasteiger partial charge >= 0.3 is 0 Å². The molecule has 8 aromatic heterocycles. The number of nitrogens with zero attached hydrogens (tertiary/aromatic N) is 6. The van der Waals surface area contributed by atoms with E-state index in [2.05, 4.69) is 41.1 Å². The van der Waals surface area contributed by atoms with Crippen LogP contribution in [-0.2, 0) is 14.1 Å². The number of hydrogen-bond donors (Lipinski definition) is 1. The van der Waals surface area contributed by atoms with Gasteiger partial charge in [0.2, 0.25) is 22.8 Å². The Hall–Kier alpha value is -11.9. The van der Waals surface area contributed by atoms with E-state index in [0.29, 0.717) is 141 Å². The molecule has 97 heavy (non-hydrogen) atoms. The van der Waals surface area contributed by atoms with Gasteiger partial charge in [-0.25, -0.2) is 9.97 Å². The largest absolute Gasteiger partial charge is 0.497 e. The molecule has 8 heterocycles. The number of aryl methyl sites for hydroxylation is 2. The van der Waals surface area contributed by atoms with Crippen molar-refractivity contribution in [1.82, 2.24) is 34.5 Å². The summed E-state index contributed by atoms with van der Waals surface area (Å²) in [6, 6.07) is 18.4. The minimum absolute atomic E-state index is 0.0287. The highest BCUT2D eigenvalue weighted by Gasteiger charge is 2.32. The minimum atomic E-state index is -0.477. The van der Waals surface area contributed by atoms with E-state index in [1.54, 1.807) is 97.8 Å². The molecule has 0 radical (unpaired) electrons. The number of benzene rings is 4. The van der Waals surface area contributed by atoms with Gasteiger partial charge in [-0.15, -0.1) is 0 Å². The molecule has 28 heteroatoms. The second-order valence-electron chi connectivity index (χ2n) is 20.6. The lowest BCUT2D eigenvalue weighted by molar-refractivity contribution is 0.103. The Labute approximate surface area is 561 Å². The topological polar surface area (TPSA) is 305 Å². The lowest BCUT2D eigenvalue weighted by Crippen LogP contribution is -2.08. The number of aromatic amines is 1. The van der Waals surface area contributed by atoms with Gasteiger partial charge in [0.25, 0.3) is 5.43 Å². The number of rotatable bonds is 22. The predicted molar refractivity (Wildman–Crippen MR) is 357 cm³/mol. The molecule has 0 saturated carbocycles. The Morgan fingerprint density at radius 3 is 1.24 bits per heavy atom. The van der Waals surface area contributed by atoms with Crippen molar-refractivity contribution in [3.8, 4) is 109 Å². The number of fused-ring (bicyclic) bond motifs is 3. The number of methoxy groups -OCH3 is 13. The molecular formula is C69H64BrN7O20. The molecule has 0 amide bonds. The van der Waals surface area contributed by atoms with Crippen LogP contribution in [0, 0.1) is 0 Å². The molecule has 0 unspecified atom stereocenters. The number of furan rings is 3. The number of carbonyl (C=O) groups is 3. The van der Waals surface area contributed by atoms with Crippen molar-refractivity contribution in [2.24, 2.45) is 14.1 Å². The van der Waals surface area contributed by atoms with Crippen LogP contribution in [0.2, 0.25) is 0 Å². The average molecular weight is 1390 g/mol. The van der Waals surface area contributed by atoms with Crippen LogP contribution in [0.3, 0.4) is 0 Å². The Balaban J connectivity index is 0.000000158. The van der Waals surface area contributed by atoms with Gasteiger partial charge < -0.3 is 79.8 Å². The standard InChI is InChI=1S/C25H22BrNO7.C22H21N3O7.C22H21N3O6/c1-29-15-8-6-13(7-9-15)23-19(21-25(34-23)20(26)18(32-4)12-27-21)22(28)14-10-16(30-2)24(33-5)17(11-14)31-3;1-25-10-12(8-24-25)20-16(17-22(32-20)19(27)15(30-4)9-23-17)18(26)11-6-13(28-2)21(31-5)14(7-11)29-3;1-25-11-13(9-24-25)21-18(19-15(31-21)8-14(27-2)10-23-19)20(26)12-6-16(28-3)22(30-5)17(7-12)29-4/h6-12H,1-5H3;6-10H,1-5H3,(H,23,27);6-11H,1-5H3. The van der Waals surface area contributed by atoms with E-state index in [0.717, 1.165) is 0 Å². The van der Waals surface area contributed by atoms with Crippen molar-refractivity contribution in [2.75, 3.05) is 92.4 Å². The van der Waals surface area contributed by atoms with Crippen LogP contribution in [0.4, 0.5) is 0 Å². The Morgan fingerprint density at radius 1 is 0.423 bits per heavy atom. The molecule has 502 valence electrons. The zero-order valence-corrected chi connectivity index (χ0v) is 56.7. The summed E-state index contributed by atoms with van der Waals surface area (Å²) < 4.78 is 91.3. The van der Waals surface area contributed by atoms with Crippen LogP contribution in [0.25, 0.3) is 67.3 Å². The highest BCUT2D eigenvalue weighted by atomic mass is 79.9. The van der Waals surface area contributed by atoms with Gasteiger partial charge in [-0.3, -0.25) is 28.5 Å². The number of aromatic nitrogens is 7. The van der Waals surface area contributed by atoms with Crippen molar-refractivity contribution in [3.63, 3.8) is 0 Å². The van der Waals surface area contributed by atoms with E-state index in [4.69, 9.17) is 74.8 Å². The molecular weight excluding hydrogens is 1330 g/mol. The number of ketones is 3. The van der Waals surface area contributed by atoms with Gasteiger partial charge in [-0.2, -0.15) is 10.2 Å². The normalized spacial score (nSPS) is 10.8. The van der Waals surface area contributed by atoms with Crippen LogP contribution < -0.4 is 67.0 Å². The van der Waals surface area contributed by atoms with E-state index in [1.165, 1.54) is 116 Å². The Morgan fingerprint density at radius 2 is 0.825 bits per heavy atom. The predicted octanol–water partition coefficient (Wildman–Crippen LogP) is 11.8. The molecule has 1 N–H and O–H groups in total. The first-order chi connectivity index (χ1) is 46.9. The van der Waals surface area contributed by atoms with E-state index >= 15 is 0 Å². The summed E-state index contributed by atoms with van der Waals surface area (Å²) in [5.41, 5.74) is 4.89. The summed E-state index contributed by atoms with van der Waals surface area (Å²) in [6.07, 6.45) is 11.1. The maximum Gasteiger partial charge on any atom is 0.266 e. The average Bonchev–Trinajstić information content (AvgIpc) is 1.63. The SMILES string of the molecule is COc1cc(C(=O)c2c(-c3cnn(C)c3)oc3c(=O)c(OC)c[nH]c23)cc(OC)c1OC.COc1ccc(-c2oc3c(Br)c(OC)cnc3c2C(=O)c2cc(OC)c(OC)c(OC)c2)cc1.COc1cnc2c(C(=O)c3cc(OC)c(OC)c(OC)c3)c(-c3cnn(C)c3)oc2c1. The number of halogens is 1. The number of nitrogens with one attached hydrogen (secondary N) is 1. The molecule has 0 fully saturated rings. The third kappa shape index (κ3) is 13.0. The molecule has 12 aromatic rings. The molecule has 27 nitrogen and oxygen atoms in total. The molecule has 0 bridgehead atoms. The van der Waals surface area contributed by atoms with Crippen molar-refractivity contribution in [3.05, 3.63) is 158 Å². The van der Waals surface area contributed by atoms with E-state index in [1.807, 2.05) is 12.1 Å². The second-order valence-corrected chi connectivity index (χ2v) is 21.4. The smallest absolute Gasteiger partial charge is 0.266 e. The highest BCUT2D eigenvalue weighted by Crippen LogP contribution is 2.46. The first kappa shape index (κ1) is 67.9. The van der Waals surface area contributed by atoms with Gasteiger partial charge in [-0.05, 0) is 76.6 Å². The molecule has 0 aliphatic heterocycles. The molecule has 0 spiro atoms. The van der Waals surface area contributed by atoms with Gasteiger partial charge in [-0.1, -0.05) is 0 Å². The van der Waals surface area contributed by atoms with E-state index in [-0.39, 0.29) is 50.9 Å². The third-order valence-electron chi connectivity index (χ3n) is 15.2. The van der Waals surface area contributed by atoms with Crippen LogP contribution in [-0.4, -0.2) is 144 Å². The summed E-state index contributed by atoms with van der Waals surface area (Å²) in [4.78, 5) is 66.0. The summed E-state index contributed by atoms with van der Waals surface area (Å²) in [5, 5.41) is 8.34. The quantitative estimate of drug-likeness (QED) is 0.0616. The highest BCUT2D eigenvalue weighted by molar-refractivity contribution is 9.10. The number of hydrogen-bond acceptors (Lipinski definition) is 24. The summed E-state index contributed by atoms with van der Waals surface area (Å²) >= 11 is 3.51. The molecule has 0 aliphatic carbocycles. The third-order valence-corrected chi connectivity index (χ3v) is 16.0. The molecule has 0 aliphatic rings. The summed E-state index contributed by atoms with van der Waals surface area (Å²) in [7, 11) is 22.9. The fraction of sp³-hybridized carbons (Fsp3) is 0.217. The number of H-pyrrole nitrogens is 1.